The average molecular weight is 232 g/mol. The Kier molecular flexibility index (Phi) is 3.57. The minimum Gasteiger partial charge on any atom is -0.481 e. The molecule has 0 amide bonds. The van der Waals surface area contributed by atoms with Gasteiger partial charge < -0.3 is 5.11 Å². The van der Waals surface area contributed by atoms with Crippen LogP contribution in [0.25, 0.3) is 0 Å². The van der Waals surface area contributed by atoms with Crippen molar-refractivity contribution < 1.29 is 14.7 Å². The van der Waals surface area contributed by atoms with Crippen LogP contribution in [-0.4, -0.2) is 16.9 Å². The molecule has 0 saturated heterocycles. The Morgan fingerprint density at radius 3 is 2.65 bits per heavy atom. The fraction of sp³-hybridized carbons (Fsp3) is 0.429. The third-order valence-electron chi connectivity index (χ3n) is 3.21. The van der Waals surface area contributed by atoms with E-state index in [1.54, 1.807) is 0 Å². The normalized spacial score (nSPS) is 13.4. The highest BCUT2D eigenvalue weighted by Crippen LogP contribution is 2.23. The minimum absolute atomic E-state index is 0.0564. The lowest BCUT2D eigenvalue weighted by Crippen LogP contribution is -2.02. The third kappa shape index (κ3) is 2.93. The van der Waals surface area contributed by atoms with E-state index in [2.05, 4.69) is 0 Å². The smallest absolute Gasteiger partial charge is 0.303 e. The molecule has 0 spiro atoms. The van der Waals surface area contributed by atoms with E-state index in [1.165, 1.54) is 17.5 Å². The van der Waals surface area contributed by atoms with Gasteiger partial charge in [-0.1, -0.05) is 12.1 Å². The SMILES string of the molecule is O=C(O)CCCC(=O)c1ccc2c(c1)CCC2. The number of hydrogen-bond acceptors (Lipinski definition) is 2. The molecule has 2 rings (SSSR count). The molecule has 1 aliphatic carbocycles. The number of carboxylic acid groups (broad SMARTS) is 1. The van der Waals surface area contributed by atoms with E-state index in [4.69, 9.17) is 5.11 Å². The van der Waals surface area contributed by atoms with Crippen LogP contribution < -0.4 is 0 Å². The lowest BCUT2D eigenvalue weighted by atomic mass is 10.0. The molecule has 3 heteroatoms. The maximum atomic E-state index is 11.8. The average Bonchev–Trinajstić information content (AvgIpc) is 2.75. The van der Waals surface area contributed by atoms with E-state index in [0.29, 0.717) is 12.8 Å². The van der Waals surface area contributed by atoms with Gasteiger partial charge >= 0.3 is 5.97 Å². The first-order chi connectivity index (χ1) is 8.16. The van der Waals surface area contributed by atoms with E-state index in [-0.39, 0.29) is 12.2 Å². The number of benzene rings is 1. The standard InChI is InChI=1S/C14H16O3/c15-13(5-2-6-14(16)17)12-8-7-10-3-1-4-11(10)9-12/h7-9H,1-6H2,(H,16,17). The molecule has 0 radical (unpaired) electrons. The molecule has 1 aromatic carbocycles. The van der Waals surface area contributed by atoms with Gasteiger partial charge in [0.2, 0.25) is 0 Å². The molecule has 17 heavy (non-hydrogen) atoms. The van der Waals surface area contributed by atoms with Crippen LogP contribution in [0.4, 0.5) is 0 Å². The number of aryl methyl sites for hydroxylation is 2. The Morgan fingerprint density at radius 1 is 1.12 bits per heavy atom. The van der Waals surface area contributed by atoms with E-state index >= 15 is 0 Å². The molecule has 0 unspecified atom stereocenters. The second-order valence-corrected chi connectivity index (χ2v) is 4.51. The summed E-state index contributed by atoms with van der Waals surface area (Å²) < 4.78 is 0. The second kappa shape index (κ2) is 5.13. The molecule has 0 fully saturated rings. The van der Waals surface area contributed by atoms with Crippen molar-refractivity contribution in [1.29, 1.82) is 0 Å². The highest BCUT2D eigenvalue weighted by atomic mass is 16.4. The molecule has 0 atom stereocenters. The molecule has 0 saturated carbocycles. The quantitative estimate of drug-likeness (QED) is 0.794. The van der Waals surface area contributed by atoms with Crippen LogP contribution >= 0.6 is 0 Å². The first kappa shape index (κ1) is 11.8. The van der Waals surface area contributed by atoms with Crippen LogP contribution in [0.1, 0.15) is 47.2 Å². The lowest BCUT2D eigenvalue weighted by molar-refractivity contribution is -0.137. The van der Waals surface area contributed by atoms with Gasteiger partial charge in [-0.2, -0.15) is 0 Å². The number of carbonyl (C=O) groups excluding carboxylic acids is 1. The van der Waals surface area contributed by atoms with Crippen molar-refractivity contribution in [2.45, 2.75) is 38.5 Å². The molecule has 0 aliphatic heterocycles. The van der Waals surface area contributed by atoms with Gasteiger partial charge in [0.25, 0.3) is 0 Å². The Morgan fingerprint density at radius 2 is 1.88 bits per heavy atom. The largest absolute Gasteiger partial charge is 0.481 e. The van der Waals surface area contributed by atoms with Gasteiger partial charge in [-0.25, -0.2) is 0 Å². The number of fused-ring (bicyclic) bond motifs is 1. The lowest BCUT2D eigenvalue weighted by Gasteiger charge is -2.03. The molecule has 0 heterocycles. The summed E-state index contributed by atoms with van der Waals surface area (Å²) in [7, 11) is 0. The molecular formula is C14H16O3. The van der Waals surface area contributed by atoms with Crippen LogP contribution in [0.15, 0.2) is 18.2 Å². The number of aliphatic carboxylic acids is 1. The zero-order chi connectivity index (χ0) is 12.3. The Hall–Kier alpha value is -1.64. The van der Waals surface area contributed by atoms with Crippen molar-refractivity contribution in [3.63, 3.8) is 0 Å². The summed E-state index contributed by atoms with van der Waals surface area (Å²) in [6.45, 7) is 0. The summed E-state index contributed by atoms with van der Waals surface area (Å²) in [4.78, 5) is 22.2. The number of carboxylic acids is 1. The summed E-state index contributed by atoms with van der Waals surface area (Å²) in [6, 6.07) is 5.88. The summed E-state index contributed by atoms with van der Waals surface area (Å²) >= 11 is 0. The van der Waals surface area contributed by atoms with E-state index in [0.717, 1.165) is 18.4 Å². The summed E-state index contributed by atoms with van der Waals surface area (Å²) in [5, 5.41) is 8.51. The predicted octanol–water partition coefficient (Wildman–Crippen LogP) is 2.61. The minimum atomic E-state index is -0.841. The van der Waals surface area contributed by atoms with Crippen molar-refractivity contribution in [1.82, 2.24) is 0 Å². The second-order valence-electron chi connectivity index (χ2n) is 4.51. The number of Topliss-reactive ketones (excluding diaryl/α,β-unsaturated/α-hetero) is 1. The third-order valence-corrected chi connectivity index (χ3v) is 3.21. The van der Waals surface area contributed by atoms with E-state index < -0.39 is 5.97 Å². The number of hydrogen-bond donors (Lipinski definition) is 1. The van der Waals surface area contributed by atoms with Crippen molar-refractivity contribution in [2.75, 3.05) is 0 Å². The van der Waals surface area contributed by atoms with Gasteiger partial charge in [0.1, 0.15) is 0 Å². The predicted molar refractivity (Wildman–Crippen MR) is 64.3 cm³/mol. The number of carbonyl (C=O) groups is 2. The van der Waals surface area contributed by atoms with E-state index in [1.807, 2.05) is 18.2 Å². The van der Waals surface area contributed by atoms with Crippen molar-refractivity contribution in [2.24, 2.45) is 0 Å². The topological polar surface area (TPSA) is 54.4 Å². The van der Waals surface area contributed by atoms with Crippen LogP contribution in [0.2, 0.25) is 0 Å². The first-order valence-corrected chi connectivity index (χ1v) is 6.03. The Balaban J connectivity index is 1.97. The van der Waals surface area contributed by atoms with Crippen molar-refractivity contribution >= 4 is 11.8 Å². The summed E-state index contributed by atoms with van der Waals surface area (Å²) in [5.41, 5.74) is 3.37. The van der Waals surface area contributed by atoms with Crippen LogP contribution in [-0.2, 0) is 17.6 Å². The zero-order valence-electron chi connectivity index (χ0n) is 9.74. The highest BCUT2D eigenvalue weighted by molar-refractivity contribution is 5.96. The monoisotopic (exact) mass is 232 g/mol. The maximum Gasteiger partial charge on any atom is 0.303 e. The van der Waals surface area contributed by atoms with Crippen LogP contribution in [0.5, 0.6) is 0 Å². The highest BCUT2D eigenvalue weighted by Gasteiger charge is 2.13. The maximum absolute atomic E-state index is 11.8. The molecular weight excluding hydrogens is 216 g/mol. The van der Waals surface area contributed by atoms with Gasteiger partial charge in [-0.05, 0) is 42.9 Å². The van der Waals surface area contributed by atoms with Gasteiger partial charge in [0.05, 0.1) is 0 Å². The number of ketones is 1. The molecule has 90 valence electrons. The molecule has 3 nitrogen and oxygen atoms in total. The zero-order valence-corrected chi connectivity index (χ0v) is 9.74. The van der Waals surface area contributed by atoms with Crippen LogP contribution in [0.3, 0.4) is 0 Å². The van der Waals surface area contributed by atoms with Gasteiger partial charge in [-0.3, -0.25) is 9.59 Å². The first-order valence-electron chi connectivity index (χ1n) is 6.03. The summed E-state index contributed by atoms with van der Waals surface area (Å²) in [5.74, 6) is -0.785. The van der Waals surface area contributed by atoms with Crippen LogP contribution in [0, 0.1) is 0 Å². The molecule has 1 aromatic rings. The molecule has 0 aromatic heterocycles. The van der Waals surface area contributed by atoms with Gasteiger partial charge in [-0.15, -0.1) is 0 Å². The molecule has 1 aliphatic rings. The van der Waals surface area contributed by atoms with E-state index in [9.17, 15) is 9.59 Å². The fourth-order valence-electron chi connectivity index (χ4n) is 2.29. The fourth-order valence-corrected chi connectivity index (χ4v) is 2.29. The Bertz CT molecular complexity index is 449. The van der Waals surface area contributed by atoms with Gasteiger partial charge in [0, 0.05) is 18.4 Å². The number of rotatable bonds is 5. The summed E-state index contributed by atoms with van der Waals surface area (Å²) in [6.07, 6.45) is 4.16. The van der Waals surface area contributed by atoms with Crippen molar-refractivity contribution in [3.05, 3.63) is 34.9 Å². The van der Waals surface area contributed by atoms with Crippen molar-refractivity contribution in [3.8, 4) is 0 Å². The molecule has 1 N–H and O–H groups in total. The molecule has 0 bridgehead atoms. The Labute approximate surface area is 100 Å². The van der Waals surface area contributed by atoms with Gasteiger partial charge in [0.15, 0.2) is 5.78 Å².